The Balaban J connectivity index is 1.89. The van der Waals surface area contributed by atoms with Gasteiger partial charge in [0.1, 0.15) is 0 Å². The third kappa shape index (κ3) is 1.16. The molecule has 0 aromatic heterocycles. The van der Waals surface area contributed by atoms with Crippen molar-refractivity contribution in [2.24, 2.45) is 5.92 Å². The third-order valence-corrected chi connectivity index (χ3v) is 2.25. The van der Waals surface area contributed by atoms with Crippen LogP contribution in [0.15, 0.2) is 12.2 Å². The van der Waals surface area contributed by atoms with E-state index in [-0.39, 0.29) is 0 Å². The van der Waals surface area contributed by atoms with Gasteiger partial charge in [0.2, 0.25) is 0 Å². The van der Waals surface area contributed by atoms with Gasteiger partial charge in [0.25, 0.3) is 0 Å². The third-order valence-electron chi connectivity index (χ3n) is 2.25. The molecular weight excluding hydrogens is 110 g/mol. The molecule has 1 saturated carbocycles. The molecule has 1 heterocycles. The van der Waals surface area contributed by atoms with Gasteiger partial charge in [-0.1, -0.05) is 12.2 Å². The predicted molar refractivity (Wildman–Crippen MR) is 38.3 cm³/mol. The van der Waals surface area contributed by atoms with E-state index in [2.05, 4.69) is 17.5 Å². The second kappa shape index (κ2) is 2.14. The van der Waals surface area contributed by atoms with E-state index in [1.807, 2.05) is 0 Å². The summed E-state index contributed by atoms with van der Waals surface area (Å²) in [7, 11) is 0. The van der Waals surface area contributed by atoms with Crippen LogP contribution in [0.1, 0.15) is 19.3 Å². The lowest BCUT2D eigenvalue weighted by Gasteiger charge is -2.18. The van der Waals surface area contributed by atoms with E-state index in [0.29, 0.717) is 0 Å². The Morgan fingerprint density at radius 3 is 2.67 bits per heavy atom. The van der Waals surface area contributed by atoms with E-state index in [1.165, 1.54) is 19.3 Å². The molecule has 0 amide bonds. The van der Waals surface area contributed by atoms with Crippen LogP contribution in [0.25, 0.3) is 0 Å². The first-order valence-electron chi connectivity index (χ1n) is 3.85. The lowest BCUT2D eigenvalue weighted by atomic mass is 10.1. The summed E-state index contributed by atoms with van der Waals surface area (Å²) in [5.41, 5.74) is 0. The summed E-state index contributed by atoms with van der Waals surface area (Å²) in [5, 5.41) is 3.49. The minimum atomic E-state index is 0.829. The van der Waals surface area contributed by atoms with Gasteiger partial charge in [-0.25, -0.2) is 0 Å². The molecule has 1 fully saturated rings. The van der Waals surface area contributed by atoms with Crippen molar-refractivity contribution in [2.45, 2.75) is 25.3 Å². The van der Waals surface area contributed by atoms with Gasteiger partial charge in [-0.3, -0.25) is 0 Å². The number of hydrogen-bond donors (Lipinski definition) is 1. The van der Waals surface area contributed by atoms with Crippen molar-refractivity contribution in [1.29, 1.82) is 0 Å². The molecule has 2 aliphatic rings. The Morgan fingerprint density at radius 2 is 2.11 bits per heavy atom. The van der Waals surface area contributed by atoms with Crippen molar-refractivity contribution in [3.8, 4) is 0 Å². The summed E-state index contributed by atoms with van der Waals surface area (Å²) in [6.07, 6.45) is 8.72. The van der Waals surface area contributed by atoms with Crippen LogP contribution in [0.2, 0.25) is 0 Å². The van der Waals surface area contributed by atoms with Crippen molar-refractivity contribution < 1.29 is 0 Å². The van der Waals surface area contributed by atoms with E-state index >= 15 is 0 Å². The van der Waals surface area contributed by atoms with E-state index in [0.717, 1.165) is 18.5 Å². The van der Waals surface area contributed by atoms with Crippen molar-refractivity contribution in [3.63, 3.8) is 0 Å². The second-order valence-corrected chi connectivity index (χ2v) is 3.06. The van der Waals surface area contributed by atoms with Crippen molar-refractivity contribution in [3.05, 3.63) is 12.2 Å². The van der Waals surface area contributed by atoms with Gasteiger partial charge in [-0.05, 0) is 25.2 Å². The van der Waals surface area contributed by atoms with Gasteiger partial charge in [0.05, 0.1) is 0 Å². The molecule has 1 aliphatic heterocycles. The highest BCUT2D eigenvalue weighted by Gasteiger charge is 2.30. The number of nitrogens with one attached hydrogen (secondary N) is 1. The Hall–Kier alpha value is -0.300. The van der Waals surface area contributed by atoms with E-state index < -0.39 is 0 Å². The molecule has 50 valence electrons. The van der Waals surface area contributed by atoms with Crippen molar-refractivity contribution in [1.82, 2.24) is 5.32 Å². The van der Waals surface area contributed by atoms with Crippen LogP contribution in [0.3, 0.4) is 0 Å². The zero-order valence-corrected chi connectivity index (χ0v) is 5.64. The van der Waals surface area contributed by atoms with Crippen molar-refractivity contribution >= 4 is 0 Å². The molecule has 0 bridgehead atoms. The lowest BCUT2D eigenvalue weighted by Crippen LogP contribution is -2.32. The molecule has 1 atom stereocenters. The maximum Gasteiger partial charge on any atom is 0.0137 e. The number of hydrogen-bond acceptors (Lipinski definition) is 1. The van der Waals surface area contributed by atoms with Crippen molar-refractivity contribution in [2.75, 3.05) is 6.54 Å². The molecular formula is C8H13N. The van der Waals surface area contributed by atoms with Gasteiger partial charge in [0, 0.05) is 12.6 Å². The maximum atomic E-state index is 3.49. The average molecular weight is 123 g/mol. The van der Waals surface area contributed by atoms with Crippen LogP contribution >= 0.6 is 0 Å². The first-order chi connectivity index (χ1) is 4.47. The quantitative estimate of drug-likeness (QED) is 0.518. The highest BCUT2D eigenvalue weighted by molar-refractivity contribution is 4.99. The van der Waals surface area contributed by atoms with Crippen LogP contribution in [0.5, 0.6) is 0 Å². The van der Waals surface area contributed by atoms with E-state index in [4.69, 9.17) is 0 Å². The summed E-state index contributed by atoms with van der Waals surface area (Å²) in [5.74, 6) is 1.02. The molecule has 1 heteroatoms. The molecule has 1 N–H and O–H groups in total. The molecule has 0 aromatic rings. The van der Waals surface area contributed by atoms with Gasteiger partial charge in [-0.2, -0.15) is 0 Å². The maximum absolute atomic E-state index is 3.49. The van der Waals surface area contributed by atoms with Crippen LogP contribution in [0.4, 0.5) is 0 Å². The number of rotatable bonds is 1. The topological polar surface area (TPSA) is 12.0 Å². The fourth-order valence-electron chi connectivity index (χ4n) is 1.49. The molecule has 9 heavy (non-hydrogen) atoms. The Bertz CT molecular complexity index is 125. The lowest BCUT2D eigenvalue weighted by molar-refractivity contribution is 0.475. The zero-order valence-electron chi connectivity index (χ0n) is 5.64. The van der Waals surface area contributed by atoms with E-state index in [1.54, 1.807) is 0 Å². The summed E-state index contributed by atoms with van der Waals surface area (Å²) in [6, 6.07) is 0.829. The molecule has 1 nitrogen and oxygen atoms in total. The average Bonchev–Trinajstić information content (AvgIpc) is 2.71. The van der Waals surface area contributed by atoms with Crippen LogP contribution in [-0.4, -0.2) is 12.6 Å². The highest BCUT2D eigenvalue weighted by atomic mass is 14.9. The zero-order chi connectivity index (χ0) is 6.10. The minimum absolute atomic E-state index is 0.829. The van der Waals surface area contributed by atoms with Crippen LogP contribution in [-0.2, 0) is 0 Å². The fraction of sp³-hybridized carbons (Fsp3) is 0.750. The van der Waals surface area contributed by atoms with Gasteiger partial charge in [0.15, 0.2) is 0 Å². The monoisotopic (exact) mass is 123 g/mol. The highest BCUT2D eigenvalue weighted by Crippen LogP contribution is 2.34. The molecule has 0 spiro atoms. The molecule has 0 saturated heterocycles. The molecule has 0 aromatic carbocycles. The summed E-state index contributed by atoms with van der Waals surface area (Å²) >= 11 is 0. The van der Waals surface area contributed by atoms with Crippen LogP contribution in [0, 0.1) is 5.92 Å². The normalized spacial score (nSPS) is 34.9. The fourth-order valence-corrected chi connectivity index (χ4v) is 1.49. The SMILES string of the molecule is C1=CCC(C2CC2)NC1. The summed E-state index contributed by atoms with van der Waals surface area (Å²) in [6.45, 7) is 1.10. The van der Waals surface area contributed by atoms with Gasteiger partial charge < -0.3 is 5.32 Å². The Labute approximate surface area is 56.1 Å². The first kappa shape index (κ1) is 5.48. The summed E-state index contributed by atoms with van der Waals surface area (Å²) < 4.78 is 0. The molecule has 0 radical (unpaired) electrons. The van der Waals surface area contributed by atoms with Gasteiger partial charge in [-0.15, -0.1) is 0 Å². The predicted octanol–water partition coefficient (Wildman–Crippen LogP) is 1.31. The van der Waals surface area contributed by atoms with Gasteiger partial charge >= 0.3 is 0 Å². The summed E-state index contributed by atoms with van der Waals surface area (Å²) in [4.78, 5) is 0. The largest absolute Gasteiger partial charge is 0.310 e. The minimum Gasteiger partial charge on any atom is -0.310 e. The Kier molecular flexibility index (Phi) is 1.31. The van der Waals surface area contributed by atoms with E-state index in [9.17, 15) is 0 Å². The second-order valence-electron chi connectivity index (χ2n) is 3.06. The van der Waals surface area contributed by atoms with Crippen LogP contribution < -0.4 is 5.32 Å². The Morgan fingerprint density at radius 1 is 1.22 bits per heavy atom. The molecule has 2 rings (SSSR count). The molecule has 1 aliphatic carbocycles. The standard InChI is InChI=1S/C8H13N/c1-2-6-9-8(3-1)7-4-5-7/h1-2,7-9H,3-6H2. The smallest absolute Gasteiger partial charge is 0.0137 e. The first-order valence-corrected chi connectivity index (χ1v) is 3.85. The molecule has 1 unspecified atom stereocenters.